The molecule has 0 radical (unpaired) electrons. The number of ether oxygens (including phenoxy) is 1. The van der Waals surface area contributed by atoms with Crippen molar-refractivity contribution in [2.45, 2.75) is 45.1 Å². The van der Waals surface area contributed by atoms with Gasteiger partial charge in [-0.05, 0) is 19.8 Å². The van der Waals surface area contributed by atoms with Crippen LogP contribution in [0.5, 0.6) is 5.88 Å². The van der Waals surface area contributed by atoms with E-state index in [2.05, 4.69) is 30.8 Å². The summed E-state index contributed by atoms with van der Waals surface area (Å²) in [6, 6.07) is 0.595. The molecule has 0 amide bonds. The highest BCUT2D eigenvalue weighted by molar-refractivity contribution is 9.09. The third-order valence-electron chi connectivity index (χ3n) is 3.53. The van der Waals surface area contributed by atoms with Crippen molar-refractivity contribution in [3.05, 3.63) is 12.4 Å². The van der Waals surface area contributed by atoms with Crippen LogP contribution in [0.1, 0.15) is 39.0 Å². The second-order valence-electron chi connectivity index (χ2n) is 4.82. The van der Waals surface area contributed by atoms with Crippen LogP contribution in [0.15, 0.2) is 12.4 Å². The van der Waals surface area contributed by atoms with Crippen LogP contribution in [-0.4, -0.2) is 34.5 Å². The molecule has 0 saturated heterocycles. The van der Waals surface area contributed by atoms with Crippen LogP contribution in [0.4, 0.5) is 5.82 Å². The highest BCUT2D eigenvalue weighted by atomic mass is 79.9. The summed E-state index contributed by atoms with van der Waals surface area (Å²) in [5, 5.41) is 0.948. The predicted octanol–water partition coefficient (Wildman–Crippen LogP) is 3.41. The van der Waals surface area contributed by atoms with Crippen LogP contribution in [-0.2, 0) is 0 Å². The van der Waals surface area contributed by atoms with E-state index in [1.807, 2.05) is 13.1 Å². The van der Waals surface area contributed by atoms with Gasteiger partial charge in [-0.15, -0.1) is 0 Å². The van der Waals surface area contributed by atoms with Gasteiger partial charge in [0.1, 0.15) is 0 Å². The smallest absolute Gasteiger partial charge is 0.234 e. The Hall–Kier alpha value is -0.840. The zero-order chi connectivity index (χ0) is 13.5. The van der Waals surface area contributed by atoms with Gasteiger partial charge in [-0.1, -0.05) is 35.2 Å². The highest BCUT2D eigenvalue weighted by Crippen LogP contribution is 2.26. The van der Waals surface area contributed by atoms with Crippen molar-refractivity contribution in [2.24, 2.45) is 0 Å². The molecule has 0 spiro atoms. The minimum atomic E-state index is 0.595. The van der Waals surface area contributed by atoms with Crippen LogP contribution in [0.25, 0.3) is 0 Å². The zero-order valence-corrected chi connectivity index (χ0v) is 13.1. The first-order valence-electron chi connectivity index (χ1n) is 7.12. The Morgan fingerprint density at radius 3 is 2.79 bits per heavy atom. The van der Waals surface area contributed by atoms with Crippen LogP contribution in [0, 0.1) is 0 Å². The van der Waals surface area contributed by atoms with E-state index in [9.17, 15) is 0 Å². The van der Waals surface area contributed by atoms with Gasteiger partial charge < -0.3 is 9.64 Å². The summed E-state index contributed by atoms with van der Waals surface area (Å²) in [6.07, 6.45) is 10.1. The molecule has 0 aromatic carbocycles. The fourth-order valence-corrected chi connectivity index (χ4v) is 3.04. The molecule has 1 aliphatic carbocycles. The number of alkyl halides is 1. The molecule has 1 aromatic rings. The molecule has 19 heavy (non-hydrogen) atoms. The fourth-order valence-electron chi connectivity index (χ4n) is 2.66. The molecule has 2 rings (SSSR count). The van der Waals surface area contributed by atoms with Gasteiger partial charge >= 0.3 is 0 Å². The lowest BCUT2D eigenvalue weighted by Gasteiger charge is -2.34. The molecule has 1 fully saturated rings. The van der Waals surface area contributed by atoms with Crippen LogP contribution >= 0.6 is 15.9 Å². The quantitative estimate of drug-likeness (QED) is 0.750. The van der Waals surface area contributed by atoms with E-state index in [-0.39, 0.29) is 0 Å². The molecule has 0 unspecified atom stereocenters. The fraction of sp³-hybridized carbons (Fsp3) is 0.714. The molecule has 5 heteroatoms. The molecule has 1 aromatic heterocycles. The average Bonchev–Trinajstić information content (AvgIpc) is 2.46. The molecule has 0 atom stereocenters. The van der Waals surface area contributed by atoms with Gasteiger partial charge in [-0.25, -0.2) is 0 Å². The van der Waals surface area contributed by atoms with E-state index in [0.717, 1.165) is 17.7 Å². The van der Waals surface area contributed by atoms with Crippen LogP contribution in [0.3, 0.4) is 0 Å². The molecular formula is C14H22BrN3O. The van der Waals surface area contributed by atoms with Crippen LogP contribution < -0.4 is 9.64 Å². The first kappa shape index (κ1) is 14.6. The number of nitrogens with zero attached hydrogens (tertiary/aromatic N) is 3. The topological polar surface area (TPSA) is 38.2 Å². The van der Waals surface area contributed by atoms with E-state index < -0.39 is 0 Å². The van der Waals surface area contributed by atoms with E-state index in [1.165, 1.54) is 32.1 Å². The maximum atomic E-state index is 5.45. The second kappa shape index (κ2) is 7.68. The predicted molar refractivity (Wildman–Crippen MR) is 81.2 cm³/mol. The summed E-state index contributed by atoms with van der Waals surface area (Å²) >= 11 is 3.54. The summed E-state index contributed by atoms with van der Waals surface area (Å²) < 4.78 is 5.45. The van der Waals surface area contributed by atoms with E-state index >= 15 is 0 Å². The Bertz CT molecular complexity index is 383. The van der Waals surface area contributed by atoms with E-state index in [0.29, 0.717) is 18.5 Å². The normalized spacial score (nSPS) is 16.3. The average molecular weight is 328 g/mol. The van der Waals surface area contributed by atoms with E-state index in [4.69, 9.17) is 4.74 Å². The largest absolute Gasteiger partial charge is 0.477 e. The molecular weight excluding hydrogens is 306 g/mol. The Morgan fingerprint density at radius 1 is 1.32 bits per heavy atom. The first-order valence-corrected chi connectivity index (χ1v) is 8.24. The first-order chi connectivity index (χ1) is 9.35. The summed E-state index contributed by atoms with van der Waals surface area (Å²) in [4.78, 5) is 11.2. The van der Waals surface area contributed by atoms with Gasteiger partial charge in [-0.2, -0.15) is 4.98 Å². The maximum absolute atomic E-state index is 5.45. The highest BCUT2D eigenvalue weighted by Gasteiger charge is 2.22. The Balaban J connectivity index is 2.14. The molecule has 0 bridgehead atoms. The Labute approximate surface area is 123 Å². The second-order valence-corrected chi connectivity index (χ2v) is 5.62. The van der Waals surface area contributed by atoms with Crippen molar-refractivity contribution < 1.29 is 4.74 Å². The molecule has 1 heterocycles. The lowest BCUT2D eigenvalue weighted by molar-refractivity contribution is 0.324. The van der Waals surface area contributed by atoms with Crippen molar-refractivity contribution in [3.63, 3.8) is 0 Å². The third kappa shape index (κ3) is 4.06. The number of rotatable bonds is 6. The van der Waals surface area contributed by atoms with Gasteiger partial charge in [0.25, 0.3) is 0 Å². The summed E-state index contributed by atoms with van der Waals surface area (Å²) in [6.45, 7) is 3.56. The SMILES string of the molecule is CCOc1cncc(N(CCBr)C2CCCCC2)n1. The minimum absolute atomic E-state index is 0.595. The van der Waals surface area contributed by atoms with Crippen molar-refractivity contribution in [1.82, 2.24) is 9.97 Å². The van der Waals surface area contributed by atoms with E-state index in [1.54, 1.807) is 6.20 Å². The molecule has 1 saturated carbocycles. The lowest BCUT2D eigenvalue weighted by Crippen LogP contribution is -2.38. The monoisotopic (exact) mass is 327 g/mol. The van der Waals surface area contributed by atoms with Gasteiger partial charge in [0.2, 0.25) is 5.88 Å². The minimum Gasteiger partial charge on any atom is -0.477 e. The number of anilines is 1. The summed E-state index contributed by atoms with van der Waals surface area (Å²) in [5.41, 5.74) is 0. The summed E-state index contributed by atoms with van der Waals surface area (Å²) in [7, 11) is 0. The van der Waals surface area contributed by atoms with Crippen molar-refractivity contribution >= 4 is 21.7 Å². The number of hydrogen-bond acceptors (Lipinski definition) is 4. The third-order valence-corrected chi connectivity index (χ3v) is 3.88. The van der Waals surface area contributed by atoms with Crippen LogP contribution in [0.2, 0.25) is 0 Å². The summed E-state index contributed by atoms with van der Waals surface area (Å²) in [5.74, 6) is 1.56. The molecule has 4 nitrogen and oxygen atoms in total. The number of halogens is 1. The number of aromatic nitrogens is 2. The molecule has 0 N–H and O–H groups in total. The molecule has 0 aliphatic heterocycles. The van der Waals surface area contributed by atoms with Gasteiger partial charge in [-0.3, -0.25) is 4.98 Å². The standard InChI is InChI=1S/C14H22BrN3O/c1-2-19-14-11-16-10-13(17-14)18(9-8-15)12-6-4-3-5-7-12/h10-12H,2-9H2,1H3. The van der Waals surface area contributed by atoms with Gasteiger partial charge in [0.05, 0.1) is 19.0 Å². The Kier molecular flexibility index (Phi) is 5.89. The van der Waals surface area contributed by atoms with Gasteiger partial charge in [0, 0.05) is 17.9 Å². The maximum Gasteiger partial charge on any atom is 0.234 e. The van der Waals surface area contributed by atoms with Crippen molar-refractivity contribution in [1.29, 1.82) is 0 Å². The molecule has 106 valence electrons. The molecule has 1 aliphatic rings. The lowest BCUT2D eigenvalue weighted by atomic mass is 9.94. The van der Waals surface area contributed by atoms with Crippen molar-refractivity contribution in [3.8, 4) is 5.88 Å². The Morgan fingerprint density at radius 2 is 2.11 bits per heavy atom. The van der Waals surface area contributed by atoms with Crippen molar-refractivity contribution in [2.75, 3.05) is 23.4 Å². The number of hydrogen-bond donors (Lipinski definition) is 0. The van der Waals surface area contributed by atoms with Gasteiger partial charge in [0.15, 0.2) is 5.82 Å². The zero-order valence-electron chi connectivity index (χ0n) is 11.5.